The predicted molar refractivity (Wildman–Crippen MR) is 112 cm³/mol. The van der Waals surface area contributed by atoms with E-state index in [0.717, 1.165) is 11.1 Å². The first kappa shape index (κ1) is 22.2. The van der Waals surface area contributed by atoms with Crippen LogP contribution in [-0.4, -0.2) is 28.0 Å². The minimum Gasteiger partial charge on any atom is -0.495 e. The second-order valence-electron chi connectivity index (χ2n) is 6.73. The Balaban J connectivity index is 2.04. The second-order valence-corrected chi connectivity index (χ2v) is 8.84. The number of hydrogen-bond acceptors (Lipinski definition) is 4. The Bertz CT molecular complexity index is 981. The zero-order valence-electron chi connectivity index (χ0n) is 16.6. The van der Waals surface area contributed by atoms with Crippen LogP contribution in [0.4, 0.5) is 5.69 Å². The number of ether oxygens (including phenoxy) is 1. The molecule has 0 atom stereocenters. The van der Waals surface area contributed by atoms with Crippen LogP contribution in [0.25, 0.3) is 0 Å². The van der Waals surface area contributed by atoms with E-state index < -0.39 is 10.0 Å². The molecule has 0 saturated heterocycles. The van der Waals surface area contributed by atoms with Gasteiger partial charge in [-0.25, -0.2) is 13.1 Å². The number of carbonyl (C=O) groups excluding carboxylic acids is 1. The lowest BCUT2D eigenvalue weighted by Crippen LogP contribution is -2.29. The Hall–Kier alpha value is -2.09. The topological polar surface area (TPSA) is 84.5 Å². The fourth-order valence-corrected chi connectivity index (χ4v) is 4.74. The Morgan fingerprint density at radius 2 is 1.64 bits per heavy atom. The summed E-state index contributed by atoms with van der Waals surface area (Å²) in [4.78, 5) is 12.5. The Morgan fingerprint density at radius 1 is 1.04 bits per heavy atom. The summed E-state index contributed by atoms with van der Waals surface area (Å²) in [5.41, 5.74) is 3.64. The number of nitrogens with one attached hydrogen (secondary N) is 2. The summed E-state index contributed by atoms with van der Waals surface area (Å²) in [7, 11) is -2.22. The normalized spacial score (nSPS) is 11.4. The van der Waals surface area contributed by atoms with Gasteiger partial charge in [0.15, 0.2) is 0 Å². The zero-order chi connectivity index (χ0) is 21.1. The van der Waals surface area contributed by atoms with E-state index in [1.807, 2.05) is 26.0 Å². The molecule has 6 nitrogen and oxygen atoms in total. The highest BCUT2D eigenvalue weighted by Gasteiger charge is 2.20. The van der Waals surface area contributed by atoms with Gasteiger partial charge in [0.25, 0.3) is 0 Å². The molecular weight excluding hydrogens is 400 g/mol. The lowest BCUT2D eigenvalue weighted by Gasteiger charge is -2.14. The number of benzene rings is 2. The van der Waals surface area contributed by atoms with Crippen molar-refractivity contribution in [2.45, 2.75) is 39.0 Å². The van der Waals surface area contributed by atoms with Crippen molar-refractivity contribution in [1.82, 2.24) is 4.72 Å². The lowest BCUT2D eigenvalue weighted by atomic mass is 10.1. The standard InChI is InChI=1S/C20H25ClN2O4S/c1-12-8-14(3)20(15(4)9-12)28(25,26)22-7-6-19(24)23-17-10-13(2)16(21)11-18(17)27-5/h8-11,22H,6-7H2,1-5H3,(H,23,24). The quantitative estimate of drug-likeness (QED) is 0.706. The molecule has 1 amide bonds. The highest BCUT2D eigenvalue weighted by Crippen LogP contribution is 2.31. The molecule has 0 bridgehead atoms. The SMILES string of the molecule is COc1cc(Cl)c(C)cc1NC(=O)CCNS(=O)(=O)c1c(C)cc(C)cc1C. The van der Waals surface area contributed by atoms with Crippen LogP contribution in [-0.2, 0) is 14.8 Å². The highest BCUT2D eigenvalue weighted by atomic mass is 35.5. The van der Waals surface area contributed by atoms with Crippen molar-refractivity contribution in [3.63, 3.8) is 0 Å². The van der Waals surface area contributed by atoms with E-state index in [1.165, 1.54) is 7.11 Å². The third-order valence-corrected chi connectivity index (χ3v) is 6.45. The summed E-state index contributed by atoms with van der Waals surface area (Å²) in [6.07, 6.45) is -0.0198. The monoisotopic (exact) mass is 424 g/mol. The van der Waals surface area contributed by atoms with E-state index in [-0.39, 0.29) is 23.8 Å². The molecular formula is C20H25ClN2O4S. The fraction of sp³-hybridized carbons (Fsp3) is 0.350. The molecule has 0 aliphatic heterocycles. The van der Waals surface area contributed by atoms with Crippen molar-refractivity contribution in [2.75, 3.05) is 19.0 Å². The van der Waals surface area contributed by atoms with Gasteiger partial charge < -0.3 is 10.1 Å². The van der Waals surface area contributed by atoms with E-state index in [2.05, 4.69) is 10.0 Å². The number of sulfonamides is 1. The van der Waals surface area contributed by atoms with Crippen LogP contribution in [0.5, 0.6) is 5.75 Å². The van der Waals surface area contributed by atoms with Gasteiger partial charge in [-0.3, -0.25) is 4.79 Å². The van der Waals surface area contributed by atoms with Gasteiger partial charge in [0.05, 0.1) is 17.7 Å². The molecule has 0 unspecified atom stereocenters. The number of aryl methyl sites for hydroxylation is 4. The molecule has 0 radical (unpaired) electrons. The molecule has 0 aliphatic carbocycles. The van der Waals surface area contributed by atoms with Crippen LogP contribution in [0.1, 0.15) is 28.7 Å². The molecule has 2 N–H and O–H groups in total. The van der Waals surface area contributed by atoms with Crippen molar-refractivity contribution >= 4 is 33.2 Å². The average molecular weight is 425 g/mol. The first-order chi connectivity index (χ1) is 13.0. The van der Waals surface area contributed by atoms with Crippen LogP contribution in [0.15, 0.2) is 29.2 Å². The van der Waals surface area contributed by atoms with Gasteiger partial charge in [0.2, 0.25) is 15.9 Å². The van der Waals surface area contributed by atoms with Crippen molar-refractivity contribution in [3.05, 3.63) is 51.5 Å². The van der Waals surface area contributed by atoms with Crippen LogP contribution in [0, 0.1) is 27.7 Å². The first-order valence-corrected chi connectivity index (χ1v) is 10.6. The Labute approximate surface area is 171 Å². The smallest absolute Gasteiger partial charge is 0.241 e. The van der Waals surface area contributed by atoms with E-state index in [0.29, 0.717) is 27.6 Å². The summed E-state index contributed by atoms with van der Waals surface area (Å²) in [5, 5.41) is 3.26. The summed E-state index contributed by atoms with van der Waals surface area (Å²) in [5.74, 6) is 0.107. The average Bonchev–Trinajstić information content (AvgIpc) is 2.56. The molecule has 0 aliphatic rings. The number of carbonyl (C=O) groups is 1. The summed E-state index contributed by atoms with van der Waals surface area (Å²) >= 11 is 6.06. The number of hydrogen-bond donors (Lipinski definition) is 2. The molecule has 0 aromatic heterocycles. The van der Waals surface area contributed by atoms with E-state index in [1.54, 1.807) is 26.0 Å². The highest BCUT2D eigenvalue weighted by molar-refractivity contribution is 7.89. The molecule has 2 aromatic rings. The van der Waals surface area contributed by atoms with E-state index >= 15 is 0 Å². The molecule has 0 spiro atoms. The van der Waals surface area contributed by atoms with Gasteiger partial charge in [-0.2, -0.15) is 0 Å². The van der Waals surface area contributed by atoms with Crippen molar-refractivity contribution in [3.8, 4) is 5.75 Å². The summed E-state index contributed by atoms with van der Waals surface area (Å²) < 4.78 is 33.0. The van der Waals surface area contributed by atoms with Gasteiger partial charge in [0, 0.05) is 24.1 Å². The van der Waals surface area contributed by atoms with Crippen molar-refractivity contribution in [2.24, 2.45) is 0 Å². The molecule has 8 heteroatoms. The van der Waals surface area contributed by atoms with Gasteiger partial charge in [-0.1, -0.05) is 29.3 Å². The van der Waals surface area contributed by atoms with Crippen LogP contribution in [0.3, 0.4) is 0 Å². The number of amides is 1. The van der Waals surface area contributed by atoms with Crippen LogP contribution in [0.2, 0.25) is 5.02 Å². The second kappa shape index (κ2) is 8.94. The minimum atomic E-state index is -3.70. The maximum Gasteiger partial charge on any atom is 0.241 e. The van der Waals surface area contributed by atoms with Crippen LogP contribution < -0.4 is 14.8 Å². The Morgan fingerprint density at radius 3 is 2.21 bits per heavy atom. The number of halogens is 1. The van der Waals surface area contributed by atoms with E-state index in [4.69, 9.17) is 16.3 Å². The molecule has 28 heavy (non-hydrogen) atoms. The Kier molecular flexibility index (Phi) is 7.09. The van der Waals surface area contributed by atoms with Crippen molar-refractivity contribution < 1.29 is 17.9 Å². The zero-order valence-corrected chi connectivity index (χ0v) is 18.2. The number of anilines is 1. The van der Waals surface area contributed by atoms with Gasteiger partial charge in [-0.15, -0.1) is 0 Å². The third-order valence-electron chi connectivity index (χ3n) is 4.27. The number of rotatable bonds is 7. The van der Waals surface area contributed by atoms with Gasteiger partial charge in [0.1, 0.15) is 5.75 Å². The molecule has 2 rings (SSSR count). The van der Waals surface area contributed by atoms with Crippen LogP contribution >= 0.6 is 11.6 Å². The molecule has 2 aromatic carbocycles. The summed E-state index contributed by atoms with van der Waals surface area (Å²) in [6, 6.07) is 6.98. The van der Waals surface area contributed by atoms with Crippen molar-refractivity contribution in [1.29, 1.82) is 0 Å². The van der Waals surface area contributed by atoms with Gasteiger partial charge >= 0.3 is 0 Å². The molecule has 0 fully saturated rings. The maximum atomic E-state index is 12.6. The largest absolute Gasteiger partial charge is 0.495 e. The molecule has 152 valence electrons. The molecule has 0 saturated carbocycles. The minimum absolute atomic E-state index is 0.0180. The predicted octanol–water partition coefficient (Wildman–Crippen LogP) is 3.89. The lowest BCUT2D eigenvalue weighted by molar-refractivity contribution is -0.116. The number of methoxy groups -OCH3 is 1. The first-order valence-electron chi connectivity index (χ1n) is 8.76. The van der Waals surface area contributed by atoms with Gasteiger partial charge in [-0.05, 0) is 50.5 Å². The maximum absolute atomic E-state index is 12.6. The van der Waals surface area contributed by atoms with E-state index in [9.17, 15) is 13.2 Å². The third kappa shape index (κ3) is 5.25. The molecule has 0 heterocycles. The fourth-order valence-electron chi connectivity index (χ4n) is 3.10. The summed E-state index contributed by atoms with van der Waals surface area (Å²) in [6.45, 7) is 7.24.